The lowest BCUT2D eigenvalue weighted by Crippen LogP contribution is -2.15. The van der Waals surface area contributed by atoms with Crippen molar-refractivity contribution in [3.8, 4) is 16.9 Å². The quantitative estimate of drug-likeness (QED) is 0.346. The summed E-state index contributed by atoms with van der Waals surface area (Å²) < 4.78 is 19.0. The molecule has 0 atom stereocenters. The Balaban J connectivity index is 1.29. The number of benzene rings is 2. The molecule has 0 heterocycles. The van der Waals surface area contributed by atoms with Gasteiger partial charge in [-0.2, -0.15) is 0 Å². The number of rotatable bonds is 11. The van der Waals surface area contributed by atoms with Crippen LogP contribution in [0.25, 0.3) is 11.1 Å². The van der Waals surface area contributed by atoms with Gasteiger partial charge in [0.05, 0.1) is 6.61 Å². The SMILES string of the molecule is CCCCCC[C@H]1CC[C@H](CCCOc2ccc(-c3ccc(F)cc3)cc2)CC1. The van der Waals surface area contributed by atoms with Gasteiger partial charge in [-0.3, -0.25) is 0 Å². The Hall–Kier alpha value is -1.83. The summed E-state index contributed by atoms with van der Waals surface area (Å²) >= 11 is 0. The van der Waals surface area contributed by atoms with E-state index >= 15 is 0 Å². The summed E-state index contributed by atoms with van der Waals surface area (Å²) in [4.78, 5) is 0. The Morgan fingerprint density at radius 3 is 1.86 bits per heavy atom. The van der Waals surface area contributed by atoms with Crippen molar-refractivity contribution in [3.63, 3.8) is 0 Å². The summed E-state index contributed by atoms with van der Waals surface area (Å²) in [5, 5.41) is 0. The van der Waals surface area contributed by atoms with Crippen molar-refractivity contribution in [1.29, 1.82) is 0 Å². The second-order valence-electron chi connectivity index (χ2n) is 8.76. The lowest BCUT2D eigenvalue weighted by atomic mass is 9.78. The van der Waals surface area contributed by atoms with Gasteiger partial charge >= 0.3 is 0 Å². The van der Waals surface area contributed by atoms with Crippen molar-refractivity contribution < 1.29 is 9.13 Å². The molecule has 0 aromatic heterocycles. The molecular formula is C27H37FO. The minimum atomic E-state index is -0.200. The lowest BCUT2D eigenvalue weighted by molar-refractivity contribution is 0.228. The maximum atomic E-state index is 13.0. The molecule has 1 aliphatic rings. The first-order valence-electron chi connectivity index (χ1n) is 11.7. The number of hydrogen-bond donors (Lipinski definition) is 0. The third-order valence-electron chi connectivity index (χ3n) is 6.49. The molecule has 0 bridgehead atoms. The predicted octanol–water partition coefficient (Wildman–Crippen LogP) is 8.43. The third-order valence-corrected chi connectivity index (χ3v) is 6.49. The van der Waals surface area contributed by atoms with Crippen molar-refractivity contribution in [2.24, 2.45) is 11.8 Å². The summed E-state index contributed by atoms with van der Waals surface area (Å²) in [5.74, 6) is 2.63. The number of hydrogen-bond acceptors (Lipinski definition) is 1. The third kappa shape index (κ3) is 7.49. The fraction of sp³-hybridized carbons (Fsp3) is 0.556. The smallest absolute Gasteiger partial charge is 0.123 e. The molecule has 1 saturated carbocycles. The largest absolute Gasteiger partial charge is 0.494 e. The number of halogens is 1. The minimum Gasteiger partial charge on any atom is -0.494 e. The molecule has 0 amide bonds. The number of unbranched alkanes of at least 4 members (excludes halogenated alkanes) is 3. The van der Waals surface area contributed by atoms with Crippen LogP contribution in [-0.2, 0) is 0 Å². The maximum absolute atomic E-state index is 13.0. The zero-order valence-electron chi connectivity index (χ0n) is 18.0. The molecule has 0 unspecified atom stereocenters. The molecule has 29 heavy (non-hydrogen) atoms. The summed E-state index contributed by atoms with van der Waals surface area (Å²) in [7, 11) is 0. The zero-order valence-corrected chi connectivity index (χ0v) is 18.0. The highest BCUT2D eigenvalue weighted by molar-refractivity contribution is 5.63. The summed E-state index contributed by atoms with van der Waals surface area (Å²) in [6.07, 6.45) is 15.3. The molecule has 0 aliphatic heterocycles. The van der Waals surface area contributed by atoms with Gasteiger partial charge in [-0.25, -0.2) is 4.39 Å². The van der Waals surface area contributed by atoms with Crippen molar-refractivity contribution in [2.45, 2.75) is 77.6 Å². The standard InChI is InChI=1S/C27H37FO/c1-2-3-4-5-7-22-9-11-23(12-10-22)8-6-21-29-27-19-15-25(16-20-27)24-13-17-26(28)18-14-24/h13-20,22-23H,2-12,21H2,1H3/t22-,23-. The Morgan fingerprint density at radius 2 is 1.28 bits per heavy atom. The molecule has 0 radical (unpaired) electrons. The van der Waals surface area contributed by atoms with E-state index in [0.717, 1.165) is 41.7 Å². The van der Waals surface area contributed by atoms with E-state index in [4.69, 9.17) is 4.74 Å². The molecule has 1 aliphatic carbocycles. The Bertz CT molecular complexity index is 683. The lowest BCUT2D eigenvalue weighted by Gasteiger charge is -2.28. The van der Waals surface area contributed by atoms with Crippen LogP contribution in [0.3, 0.4) is 0 Å². The van der Waals surface area contributed by atoms with Gasteiger partial charge in [0.2, 0.25) is 0 Å². The van der Waals surface area contributed by atoms with Gasteiger partial charge in [-0.15, -0.1) is 0 Å². The van der Waals surface area contributed by atoms with E-state index in [1.807, 2.05) is 36.4 Å². The van der Waals surface area contributed by atoms with Gasteiger partial charge in [-0.05, 0) is 60.1 Å². The van der Waals surface area contributed by atoms with Gasteiger partial charge in [0, 0.05) is 0 Å². The Kier molecular flexibility index (Phi) is 9.05. The first-order valence-corrected chi connectivity index (χ1v) is 11.7. The molecule has 0 spiro atoms. The molecule has 0 N–H and O–H groups in total. The van der Waals surface area contributed by atoms with Crippen LogP contribution in [0.2, 0.25) is 0 Å². The van der Waals surface area contributed by atoms with Gasteiger partial charge in [0.25, 0.3) is 0 Å². The second kappa shape index (κ2) is 12.0. The fourth-order valence-electron chi connectivity index (χ4n) is 4.62. The molecule has 158 valence electrons. The van der Waals surface area contributed by atoms with E-state index in [1.165, 1.54) is 76.3 Å². The zero-order chi connectivity index (χ0) is 20.3. The minimum absolute atomic E-state index is 0.200. The Morgan fingerprint density at radius 1 is 0.724 bits per heavy atom. The van der Waals surface area contributed by atoms with Gasteiger partial charge in [0.15, 0.2) is 0 Å². The van der Waals surface area contributed by atoms with Crippen molar-refractivity contribution in [2.75, 3.05) is 6.61 Å². The van der Waals surface area contributed by atoms with Gasteiger partial charge in [0.1, 0.15) is 11.6 Å². The fourth-order valence-corrected chi connectivity index (χ4v) is 4.62. The molecule has 1 fully saturated rings. The maximum Gasteiger partial charge on any atom is 0.123 e. The van der Waals surface area contributed by atoms with E-state index in [0.29, 0.717) is 0 Å². The van der Waals surface area contributed by atoms with Gasteiger partial charge < -0.3 is 4.74 Å². The molecular weight excluding hydrogens is 359 g/mol. The highest BCUT2D eigenvalue weighted by Gasteiger charge is 2.20. The summed E-state index contributed by atoms with van der Waals surface area (Å²) in [6.45, 7) is 3.09. The van der Waals surface area contributed by atoms with E-state index in [9.17, 15) is 4.39 Å². The first kappa shape index (κ1) is 21.9. The van der Waals surface area contributed by atoms with Crippen LogP contribution in [-0.4, -0.2) is 6.61 Å². The average molecular weight is 397 g/mol. The summed E-state index contributed by atoms with van der Waals surface area (Å²) in [5.41, 5.74) is 2.11. The normalized spacial score (nSPS) is 19.2. The molecule has 2 aromatic rings. The van der Waals surface area contributed by atoms with Crippen LogP contribution in [0.1, 0.15) is 77.6 Å². The second-order valence-corrected chi connectivity index (χ2v) is 8.76. The van der Waals surface area contributed by atoms with Crippen LogP contribution in [0, 0.1) is 17.7 Å². The topological polar surface area (TPSA) is 9.23 Å². The van der Waals surface area contributed by atoms with E-state index in [1.54, 1.807) is 0 Å². The van der Waals surface area contributed by atoms with Crippen molar-refractivity contribution in [1.82, 2.24) is 0 Å². The van der Waals surface area contributed by atoms with Crippen LogP contribution in [0.4, 0.5) is 4.39 Å². The van der Waals surface area contributed by atoms with Gasteiger partial charge in [-0.1, -0.05) is 89.0 Å². The highest BCUT2D eigenvalue weighted by atomic mass is 19.1. The van der Waals surface area contributed by atoms with E-state index in [2.05, 4.69) is 6.92 Å². The predicted molar refractivity (Wildman–Crippen MR) is 121 cm³/mol. The monoisotopic (exact) mass is 396 g/mol. The molecule has 0 saturated heterocycles. The molecule has 1 nitrogen and oxygen atoms in total. The van der Waals surface area contributed by atoms with E-state index < -0.39 is 0 Å². The molecule has 2 heteroatoms. The van der Waals surface area contributed by atoms with Crippen LogP contribution in [0.5, 0.6) is 5.75 Å². The van der Waals surface area contributed by atoms with Crippen molar-refractivity contribution >= 4 is 0 Å². The summed E-state index contributed by atoms with van der Waals surface area (Å²) in [6, 6.07) is 14.7. The molecule has 2 aromatic carbocycles. The average Bonchev–Trinajstić information content (AvgIpc) is 2.76. The van der Waals surface area contributed by atoms with Crippen LogP contribution < -0.4 is 4.74 Å². The van der Waals surface area contributed by atoms with Crippen LogP contribution >= 0.6 is 0 Å². The van der Waals surface area contributed by atoms with E-state index in [-0.39, 0.29) is 5.82 Å². The number of ether oxygens (including phenoxy) is 1. The molecule has 3 rings (SSSR count). The Labute approximate surface area is 176 Å². The van der Waals surface area contributed by atoms with Crippen LogP contribution in [0.15, 0.2) is 48.5 Å². The first-order chi connectivity index (χ1) is 14.2. The van der Waals surface area contributed by atoms with Crippen molar-refractivity contribution in [3.05, 3.63) is 54.3 Å². The highest BCUT2D eigenvalue weighted by Crippen LogP contribution is 2.34.